The minimum absolute atomic E-state index is 0.677. The molecule has 1 aliphatic rings. The van der Waals surface area contributed by atoms with Gasteiger partial charge >= 0.3 is 0 Å². The summed E-state index contributed by atoms with van der Waals surface area (Å²) in [5.74, 6) is 0. The molecule has 0 radical (unpaired) electrons. The van der Waals surface area contributed by atoms with Crippen molar-refractivity contribution in [1.82, 2.24) is 4.98 Å². The summed E-state index contributed by atoms with van der Waals surface area (Å²) in [4.78, 5) is 16.4. The van der Waals surface area contributed by atoms with Crippen molar-refractivity contribution in [3.8, 4) is 11.1 Å². The maximum absolute atomic E-state index is 4.97. The van der Waals surface area contributed by atoms with Gasteiger partial charge in [-0.2, -0.15) is 0 Å². The molecule has 4 heteroatoms. The largest absolute Gasteiger partial charge is 0.335 e. The number of aliphatic imine (C=N–C) groups is 2. The van der Waals surface area contributed by atoms with E-state index in [1.54, 1.807) is 6.08 Å². The predicted molar refractivity (Wildman–Crippen MR) is 184 cm³/mol. The fourth-order valence-electron chi connectivity index (χ4n) is 5.82. The van der Waals surface area contributed by atoms with E-state index < -0.39 is 0 Å². The lowest BCUT2D eigenvalue weighted by molar-refractivity contribution is 0.962. The number of hydrogen-bond acceptors (Lipinski definition) is 4. The highest BCUT2D eigenvalue weighted by Gasteiger charge is 2.27. The minimum Gasteiger partial charge on any atom is -0.335 e. The molecule has 1 aliphatic heterocycles. The highest BCUT2D eigenvalue weighted by molar-refractivity contribution is 6.11. The first-order valence-corrected chi connectivity index (χ1v) is 14.5. The zero-order valence-corrected chi connectivity index (χ0v) is 24.7. The molecule has 1 aromatic heterocycles. The van der Waals surface area contributed by atoms with Crippen molar-refractivity contribution >= 4 is 46.5 Å². The van der Waals surface area contributed by atoms with Gasteiger partial charge in [0, 0.05) is 34.8 Å². The highest BCUT2D eigenvalue weighted by atomic mass is 15.2. The number of aromatic nitrogens is 1. The highest BCUT2D eigenvalue weighted by Crippen LogP contribution is 2.47. The van der Waals surface area contributed by atoms with Gasteiger partial charge in [0.15, 0.2) is 0 Å². The van der Waals surface area contributed by atoms with Crippen molar-refractivity contribution in [2.45, 2.75) is 26.8 Å². The van der Waals surface area contributed by atoms with E-state index in [4.69, 9.17) is 9.98 Å². The Bertz CT molecular complexity index is 1960. The van der Waals surface area contributed by atoms with E-state index in [1.165, 1.54) is 16.7 Å². The molecule has 5 aromatic rings. The molecular weight excluding hydrogens is 524 g/mol. The average molecular weight is 559 g/mol. The van der Waals surface area contributed by atoms with E-state index in [-0.39, 0.29) is 0 Å². The number of allylic oxidation sites excluding steroid dienone is 2. The van der Waals surface area contributed by atoms with Crippen LogP contribution in [0.5, 0.6) is 0 Å². The van der Waals surface area contributed by atoms with Gasteiger partial charge in [-0.15, -0.1) is 0 Å². The van der Waals surface area contributed by atoms with Crippen LogP contribution in [0.25, 0.3) is 28.1 Å². The maximum atomic E-state index is 4.97. The average Bonchev–Trinajstić information content (AvgIpc) is 3.06. The van der Waals surface area contributed by atoms with E-state index >= 15 is 0 Å². The molecule has 210 valence electrons. The Kier molecular flexibility index (Phi) is 7.67. The number of anilines is 2. The van der Waals surface area contributed by atoms with Crippen LogP contribution in [0.4, 0.5) is 17.1 Å². The number of nitrogens with zero attached hydrogens (tertiary/aromatic N) is 4. The van der Waals surface area contributed by atoms with Crippen molar-refractivity contribution in [3.63, 3.8) is 0 Å². The number of rotatable bonds is 8. The van der Waals surface area contributed by atoms with Crippen molar-refractivity contribution in [1.29, 1.82) is 0 Å². The van der Waals surface area contributed by atoms with Crippen LogP contribution in [0.2, 0.25) is 0 Å². The van der Waals surface area contributed by atoms with E-state index in [2.05, 4.69) is 116 Å². The summed E-state index contributed by atoms with van der Waals surface area (Å²) in [5, 5.41) is 1.12. The molecule has 0 spiro atoms. The first-order chi connectivity index (χ1) is 21.0. The molecule has 0 N–H and O–H groups in total. The molecule has 4 nitrogen and oxygen atoms in total. The van der Waals surface area contributed by atoms with Crippen LogP contribution in [0.15, 0.2) is 138 Å². The van der Waals surface area contributed by atoms with Gasteiger partial charge in [-0.1, -0.05) is 86.8 Å². The van der Waals surface area contributed by atoms with Gasteiger partial charge in [-0.3, -0.25) is 9.98 Å². The number of benzene rings is 4. The molecule has 0 bridgehead atoms. The number of para-hydroxylation sites is 2. The normalized spacial score (nSPS) is 12.9. The second-order valence-electron chi connectivity index (χ2n) is 10.7. The van der Waals surface area contributed by atoms with Crippen molar-refractivity contribution in [2.75, 3.05) is 4.90 Å². The maximum Gasteiger partial charge on any atom is 0.0859 e. The number of fused-ring (bicyclic) bond motifs is 5. The number of pyridine rings is 1. The fourth-order valence-corrected chi connectivity index (χ4v) is 5.82. The van der Waals surface area contributed by atoms with Gasteiger partial charge in [0.1, 0.15) is 0 Å². The molecule has 0 amide bonds. The van der Waals surface area contributed by atoms with Crippen molar-refractivity contribution in [3.05, 3.63) is 150 Å². The minimum atomic E-state index is 0.677. The summed E-state index contributed by atoms with van der Waals surface area (Å²) in [7, 11) is 0. The SMILES string of the molecule is C=CC(=NC(=C)/C(C)=C/c1ccccc1CC)c1ccc2c(c1)N(c1ccccc1N=C)Cc1ccc3cccnc3c1-2. The van der Waals surface area contributed by atoms with Gasteiger partial charge in [-0.05, 0) is 78.7 Å². The molecule has 6 rings (SSSR count). The Morgan fingerprint density at radius 1 is 0.953 bits per heavy atom. The van der Waals surface area contributed by atoms with Crippen LogP contribution in [0.3, 0.4) is 0 Å². The molecule has 0 fully saturated rings. The lowest BCUT2D eigenvalue weighted by atomic mass is 9.89. The summed E-state index contributed by atoms with van der Waals surface area (Å²) >= 11 is 0. The number of aryl methyl sites for hydroxylation is 1. The van der Waals surface area contributed by atoms with Crippen molar-refractivity contribution in [2.24, 2.45) is 9.98 Å². The third-order valence-corrected chi connectivity index (χ3v) is 8.10. The van der Waals surface area contributed by atoms with Gasteiger partial charge < -0.3 is 4.90 Å². The zero-order valence-electron chi connectivity index (χ0n) is 24.7. The topological polar surface area (TPSA) is 40.9 Å². The van der Waals surface area contributed by atoms with Crippen LogP contribution in [0, 0.1) is 0 Å². The molecule has 43 heavy (non-hydrogen) atoms. The quantitative estimate of drug-likeness (QED) is 0.140. The summed E-state index contributed by atoms with van der Waals surface area (Å²) in [5.41, 5.74) is 13.3. The molecule has 0 unspecified atom stereocenters. The first-order valence-electron chi connectivity index (χ1n) is 14.5. The van der Waals surface area contributed by atoms with E-state index in [0.29, 0.717) is 12.2 Å². The molecule has 0 saturated carbocycles. The van der Waals surface area contributed by atoms with Crippen molar-refractivity contribution < 1.29 is 0 Å². The van der Waals surface area contributed by atoms with Crippen LogP contribution < -0.4 is 4.90 Å². The lowest BCUT2D eigenvalue weighted by Gasteiger charge is -2.34. The molecule has 0 aliphatic carbocycles. The smallest absolute Gasteiger partial charge is 0.0859 e. The first kappa shape index (κ1) is 27.8. The Morgan fingerprint density at radius 2 is 1.77 bits per heavy atom. The van der Waals surface area contributed by atoms with Gasteiger partial charge in [0.05, 0.1) is 34.0 Å². The second kappa shape index (κ2) is 11.9. The van der Waals surface area contributed by atoms with Crippen LogP contribution in [0.1, 0.15) is 36.1 Å². The van der Waals surface area contributed by atoms with E-state index in [1.807, 2.05) is 30.5 Å². The number of hydrogen-bond donors (Lipinski definition) is 0. The molecule has 2 heterocycles. The predicted octanol–water partition coefficient (Wildman–Crippen LogP) is 10.0. The van der Waals surface area contributed by atoms with Crippen LogP contribution in [-0.4, -0.2) is 17.4 Å². The Morgan fingerprint density at radius 3 is 2.58 bits per heavy atom. The second-order valence-corrected chi connectivity index (χ2v) is 10.7. The molecule has 0 atom stereocenters. The van der Waals surface area contributed by atoms with Gasteiger partial charge in [0.2, 0.25) is 0 Å². The third kappa shape index (κ3) is 5.24. The lowest BCUT2D eigenvalue weighted by Crippen LogP contribution is -2.22. The third-order valence-electron chi connectivity index (χ3n) is 8.10. The standard InChI is InChI=1S/C39H34N4/c1-6-28-13-8-9-14-30(28)23-26(3)27(4)42-34(7-2)31-20-21-33-37(24-31)43(36-17-11-10-16-35(36)40-5)25-32-19-18-29-15-12-22-41-39(29)38(32)33/h7-24H,2,4-6,25H2,1,3H3/b26-23+,42-34?. The van der Waals surface area contributed by atoms with Crippen LogP contribution >= 0.6 is 0 Å². The zero-order chi connectivity index (χ0) is 29.9. The summed E-state index contributed by atoms with van der Waals surface area (Å²) in [6, 6.07) is 31.5. The fraction of sp³-hybridized carbons (Fsp3) is 0.103. The Hall–Kier alpha value is -5.35. The van der Waals surface area contributed by atoms with E-state index in [0.717, 1.165) is 62.4 Å². The Balaban J connectivity index is 1.48. The molecular formula is C39H34N4. The summed E-state index contributed by atoms with van der Waals surface area (Å²) < 4.78 is 0. The van der Waals surface area contributed by atoms with Crippen LogP contribution in [-0.2, 0) is 13.0 Å². The monoisotopic (exact) mass is 558 g/mol. The summed E-state index contributed by atoms with van der Waals surface area (Å²) in [6.07, 6.45) is 6.80. The van der Waals surface area contributed by atoms with Gasteiger partial charge in [-0.25, -0.2) is 4.99 Å². The molecule has 0 saturated heterocycles. The summed E-state index contributed by atoms with van der Waals surface area (Å²) in [6.45, 7) is 17.2. The molecule has 4 aromatic carbocycles. The van der Waals surface area contributed by atoms with Gasteiger partial charge in [0.25, 0.3) is 0 Å². The van der Waals surface area contributed by atoms with E-state index in [9.17, 15) is 0 Å². The Labute approximate surface area is 253 Å².